The molecule has 0 fully saturated rings. The van der Waals surface area contributed by atoms with Crippen LogP contribution in [0.4, 0.5) is 13.2 Å². The van der Waals surface area contributed by atoms with Crippen molar-refractivity contribution in [2.24, 2.45) is 0 Å². The molecule has 28 heavy (non-hydrogen) atoms. The van der Waals surface area contributed by atoms with Gasteiger partial charge in [-0.25, -0.2) is 0 Å². The van der Waals surface area contributed by atoms with Gasteiger partial charge in [-0.1, -0.05) is 24.3 Å². The number of carbonyl (C=O) groups excluding carboxylic acids is 1. The molecule has 2 aromatic carbocycles. The average Bonchev–Trinajstić information content (AvgIpc) is 3.08. The van der Waals surface area contributed by atoms with Crippen molar-refractivity contribution in [1.29, 1.82) is 0 Å². The highest BCUT2D eigenvalue weighted by Crippen LogP contribution is 2.29. The van der Waals surface area contributed by atoms with Crippen LogP contribution in [0.15, 0.2) is 42.5 Å². The Labute approximate surface area is 159 Å². The number of carboxylic acids is 1. The van der Waals surface area contributed by atoms with E-state index >= 15 is 0 Å². The van der Waals surface area contributed by atoms with Crippen LogP contribution in [-0.2, 0) is 35.2 Å². The molecule has 0 spiro atoms. The van der Waals surface area contributed by atoms with E-state index in [-0.39, 0.29) is 13.0 Å². The molecular weight excluding hydrogens is 375 g/mol. The molecule has 0 aliphatic carbocycles. The maximum Gasteiger partial charge on any atom is 0.416 e. The predicted molar refractivity (Wildman–Crippen MR) is 93.8 cm³/mol. The van der Waals surface area contributed by atoms with Crippen molar-refractivity contribution in [1.82, 2.24) is 4.90 Å². The predicted octanol–water partition coefficient (Wildman–Crippen LogP) is 3.30. The second kappa shape index (κ2) is 7.92. The Hall–Kier alpha value is -3.03. The fourth-order valence-electron chi connectivity index (χ4n) is 3.05. The zero-order valence-electron chi connectivity index (χ0n) is 14.8. The van der Waals surface area contributed by atoms with E-state index in [0.29, 0.717) is 12.2 Å². The molecule has 0 saturated carbocycles. The van der Waals surface area contributed by atoms with Gasteiger partial charge in [-0.2, -0.15) is 13.2 Å². The molecule has 1 heterocycles. The summed E-state index contributed by atoms with van der Waals surface area (Å²) >= 11 is 0. The lowest BCUT2D eigenvalue weighted by atomic mass is 10.1. The minimum atomic E-state index is -4.45. The zero-order valence-corrected chi connectivity index (χ0v) is 14.8. The Balaban J connectivity index is 1.72. The number of carboxylic acid groups (broad SMARTS) is 1. The normalized spacial score (nSPS) is 13.0. The third-order valence-electron chi connectivity index (χ3n) is 4.44. The standard InChI is InChI=1S/C20H18F3NO4/c21-20(22,23)16-4-1-13(2-5-16)11-24(12-19(26)27)18(25)10-14-3-6-17-15(9-14)7-8-28-17/h1-6,9H,7-8,10-12H2,(H,26,27). The van der Waals surface area contributed by atoms with Gasteiger partial charge in [-0.05, 0) is 34.9 Å². The van der Waals surface area contributed by atoms with E-state index in [9.17, 15) is 22.8 Å². The van der Waals surface area contributed by atoms with Crippen molar-refractivity contribution in [2.45, 2.75) is 25.6 Å². The second-order valence-corrected chi connectivity index (χ2v) is 6.56. The van der Waals surface area contributed by atoms with Crippen molar-refractivity contribution in [3.63, 3.8) is 0 Å². The number of fused-ring (bicyclic) bond motifs is 1. The topological polar surface area (TPSA) is 66.8 Å². The smallest absolute Gasteiger partial charge is 0.416 e. The van der Waals surface area contributed by atoms with Crippen LogP contribution in [0.3, 0.4) is 0 Å². The number of hydrogen-bond acceptors (Lipinski definition) is 3. The first-order valence-corrected chi connectivity index (χ1v) is 8.62. The summed E-state index contributed by atoms with van der Waals surface area (Å²) in [5.41, 5.74) is 1.35. The van der Waals surface area contributed by atoms with E-state index in [0.717, 1.165) is 40.3 Å². The number of benzene rings is 2. The van der Waals surface area contributed by atoms with Crippen molar-refractivity contribution in [3.05, 3.63) is 64.7 Å². The Bertz CT molecular complexity index is 878. The summed E-state index contributed by atoms with van der Waals surface area (Å²) in [4.78, 5) is 24.9. The van der Waals surface area contributed by atoms with Gasteiger partial charge in [0.05, 0.1) is 18.6 Å². The number of ether oxygens (including phenoxy) is 1. The summed E-state index contributed by atoms with van der Waals surface area (Å²) in [7, 11) is 0. The van der Waals surface area contributed by atoms with Gasteiger partial charge < -0.3 is 14.7 Å². The summed E-state index contributed by atoms with van der Waals surface area (Å²) < 4.78 is 43.4. The monoisotopic (exact) mass is 393 g/mol. The van der Waals surface area contributed by atoms with Gasteiger partial charge in [0, 0.05) is 13.0 Å². The molecule has 1 amide bonds. The van der Waals surface area contributed by atoms with Gasteiger partial charge in [0.2, 0.25) is 5.91 Å². The lowest BCUT2D eigenvalue weighted by Gasteiger charge is -2.21. The Morgan fingerprint density at radius 3 is 2.39 bits per heavy atom. The summed E-state index contributed by atoms with van der Waals surface area (Å²) in [6, 6.07) is 9.71. The molecule has 148 valence electrons. The van der Waals surface area contributed by atoms with Crippen LogP contribution in [0.25, 0.3) is 0 Å². The summed E-state index contributed by atoms with van der Waals surface area (Å²) in [5.74, 6) is -0.827. The van der Waals surface area contributed by atoms with Crippen molar-refractivity contribution in [3.8, 4) is 5.75 Å². The van der Waals surface area contributed by atoms with E-state index in [4.69, 9.17) is 9.84 Å². The first-order chi connectivity index (χ1) is 13.2. The molecule has 2 aromatic rings. The van der Waals surface area contributed by atoms with Crippen LogP contribution in [0.2, 0.25) is 0 Å². The minimum absolute atomic E-state index is 0.00119. The first-order valence-electron chi connectivity index (χ1n) is 8.62. The molecule has 1 aliphatic rings. The van der Waals surface area contributed by atoms with E-state index < -0.39 is 30.2 Å². The van der Waals surface area contributed by atoms with Gasteiger partial charge >= 0.3 is 12.1 Å². The van der Waals surface area contributed by atoms with Gasteiger partial charge in [-0.3, -0.25) is 9.59 Å². The second-order valence-electron chi connectivity index (χ2n) is 6.56. The van der Waals surface area contributed by atoms with Crippen molar-refractivity contribution in [2.75, 3.05) is 13.2 Å². The number of amides is 1. The molecule has 1 aliphatic heterocycles. The Morgan fingerprint density at radius 2 is 1.75 bits per heavy atom. The van der Waals surface area contributed by atoms with Gasteiger partial charge in [-0.15, -0.1) is 0 Å². The van der Waals surface area contributed by atoms with Crippen LogP contribution >= 0.6 is 0 Å². The van der Waals surface area contributed by atoms with E-state index in [2.05, 4.69) is 0 Å². The van der Waals surface area contributed by atoms with E-state index in [1.54, 1.807) is 12.1 Å². The highest BCUT2D eigenvalue weighted by Gasteiger charge is 2.30. The van der Waals surface area contributed by atoms with E-state index in [1.165, 1.54) is 12.1 Å². The fourth-order valence-corrected chi connectivity index (χ4v) is 3.05. The van der Waals surface area contributed by atoms with Crippen LogP contribution in [0.5, 0.6) is 5.75 Å². The lowest BCUT2D eigenvalue weighted by Crippen LogP contribution is -2.36. The molecule has 1 N–H and O–H groups in total. The van der Waals surface area contributed by atoms with Crippen molar-refractivity contribution >= 4 is 11.9 Å². The quantitative estimate of drug-likeness (QED) is 0.818. The molecule has 0 unspecified atom stereocenters. The maximum atomic E-state index is 12.7. The fraction of sp³-hybridized carbons (Fsp3) is 0.300. The van der Waals surface area contributed by atoms with E-state index in [1.807, 2.05) is 6.07 Å². The number of rotatable bonds is 6. The van der Waals surface area contributed by atoms with Crippen LogP contribution in [0.1, 0.15) is 22.3 Å². The minimum Gasteiger partial charge on any atom is -0.493 e. The SMILES string of the molecule is O=C(O)CN(Cc1ccc(C(F)(F)F)cc1)C(=O)Cc1ccc2c(c1)CCO2. The zero-order chi connectivity index (χ0) is 20.3. The Kier molecular flexibility index (Phi) is 5.58. The molecule has 0 aromatic heterocycles. The number of hydrogen-bond donors (Lipinski definition) is 1. The van der Waals surface area contributed by atoms with Crippen LogP contribution in [0, 0.1) is 0 Å². The number of halogens is 3. The molecule has 0 saturated heterocycles. The third kappa shape index (κ3) is 4.82. The van der Waals surface area contributed by atoms with Gasteiger partial charge in [0.25, 0.3) is 0 Å². The summed E-state index contributed by atoms with van der Waals surface area (Å²) in [6.07, 6.45) is -3.70. The summed E-state index contributed by atoms with van der Waals surface area (Å²) in [5, 5.41) is 9.10. The number of carbonyl (C=O) groups is 2. The molecule has 0 bridgehead atoms. The van der Waals surface area contributed by atoms with Crippen LogP contribution < -0.4 is 4.74 Å². The highest BCUT2D eigenvalue weighted by atomic mass is 19.4. The number of nitrogens with zero attached hydrogens (tertiary/aromatic N) is 1. The molecule has 8 heteroatoms. The van der Waals surface area contributed by atoms with Gasteiger partial charge in [0.1, 0.15) is 12.3 Å². The molecule has 0 radical (unpaired) electrons. The molecule has 5 nitrogen and oxygen atoms in total. The maximum absolute atomic E-state index is 12.7. The van der Waals surface area contributed by atoms with Gasteiger partial charge in [0.15, 0.2) is 0 Å². The lowest BCUT2D eigenvalue weighted by molar-refractivity contribution is -0.144. The number of alkyl halides is 3. The Morgan fingerprint density at radius 1 is 1.07 bits per heavy atom. The van der Waals surface area contributed by atoms with Crippen LogP contribution in [-0.4, -0.2) is 35.0 Å². The highest BCUT2D eigenvalue weighted by molar-refractivity contribution is 5.83. The molecule has 3 rings (SSSR count). The largest absolute Gasteiger partial charge is 0.493 e. The molecule has 0 atom stereocenters. The first kappa shape index (κ1) is 19.7. The summed E-state index contributed by atoms with van der Waals surface area (Å²) in [6.45, 7) is -0.0307. The number of aliphatic carboxylic acids is 1. The average molecular weight is 393 g/mol. The molecular formula is C20H18F3NO4. The third-order valence-corrected chi connectivity index (χ3v) is 4.44. The van der Waals surface area contributed by atoms with Crippen molar-refractivity contribution < 1.29 is 32.6 Å².